The number of anilines is 1. The fourth-order valence-corrected chi connectivity index (χ4v) is 6.33. The Labute approximate surface area is 222 Å². The minimum absolute atomic E-state index is 0.150. The number of hydrogen-bond donors (Lipinski definition) is 0. The lowest BCUT2D eigenvalue weighted by Crippen LogP contribution is -2.46. The van der Waals surface area contributed by atoms with Crippen molar-refractivity contribution in [2.75, 3.05) is 50.7 Å². The number of nitrogens with zero attached hydrogens (tertiary/aromatic N) is 6. The van der Waals surface area contributed by atoms with Gasteiger partial charge in [0, 0.05) is 55.9 Å². The Kier molecular flexibility index (Phi) is 6.93. The van der Waals surface area contributed by atoms with E-state index in [1.807, 2.05) is 18.2 Å². The number of piperazine rings is 1. The molecule has 0 radical (unpaired) electrons. The molecule has 4 heterocycles. The van der Waals surface area contributed by atoms with Crippen LogP contribution in [-0.4, -0.2) is 76.7 Å². The van der Waals surface area contributed by atoms with Crippen molar-refractivity contribution in [3.8, 4) is 11.3 Å². The smallest absolute Gasteiger partial charge is 0.286 e. The van der Waals surface area contributed by atoms with E-state index in [0.29, 0.717) is 4.91 Å². The van der Waals surface area contributed by atoms with E-state index in [0.717, 1.165) is 85.0 Å². The summed E-state index contributed by atoms with van der Waals surface area (Å²) >= 11 is 1.48. The molecule has 0 unspecified atom stereocenters. The second-order valence-corrected chi connectivity index (χ2v) is 10.9. The zero-order valence-corrected chi connectivity index (χ0v) is 22.1. The number of likely N-dealkylation sites (tertiary alicyclic amines) is 1. The Morgan fingerprint density at radius 3 is 2.46 bits per heavy atom. The number of carbonyl (C=O) groups excluding carboxylic acids is 1. The normalized spacial score (nSPS) is 19.9. The molecule has 6 rings (SSSR count). The average Bonchev–Trinajstić information content (AvgIpc) is 3.59. The van der Waals surface area contributed by atoms with E-state index in [1.165, 1.54) is 30.4 Å². The number of aromatic nitrogens is 2. The molecule has 3 aliphatic heterocycles. The summed E-state index contributed by atoms with van der Waals surface area (Å²) in [6.45, 7) is 9.77. The maximum atomic E-state index is 12.6. The first-order chi connectivity index (χ1) is 18.2. The predicted octanol–water partition coefficient (Wildman–Crippen LogP) is 4.89. The third-order valence-corrected chi connectivity index (χ3v) is 8.41. The molecular formula is C29H32N6OS. The Balaban J connectivity index is 1.23. The number of carbonyl (C=O) groups is 1. The first kappa shape index (κ1) is 24.1. The molecular weight excluding hydrogens is 480 g/mol. The highest BCUT2D eigenvalue weighted by atomic mass is 32.2. The number of benzene rings is 2. The van der Waals surface area contributed by atoms with Crippen LogP contribution >= 0.6 is 11.8 Å². The van der Waals surface area contributed by atoms with E-state index in [-0.39, 0.29) is 5.91 Å². The third-order valence-electron chi connectivity index (χ3n) is 7.36. The Morgan fingerprint density at radius 2 is 1.70 bits per heavy atom. The van der Waals surface area contributed by atoms with Gasteiger partial charge in [0.05, 0.1) is 16.1 Å². The highest BCUT2D eigenvalue weighted by Crippen LogP contribution is 2.33. The van der Waals surface area contributed by atoms with Gasteiger partial charge in [0.15, 0.2) is 5.17 Å². The van der Waals surface area contributed by atoms with Gasteiger partial charge in [-0.05, 0) is 73.5 Å². The number of rotatable bonds is 5. The Hall–Kier alpha value is -3.23. The fourth-order valence-electron chi connectivity index (χ4n) is 5.36. The van der Waals surface area contributed by atoms with E-state index >= 15 is 0 Å². The van der Waals surface area contributed by atoms with Gasteiger partial charge in [0.25, 0.3) is 5.91 Å². The van der Waals surface area contributed by atoms with Crippen molar-refractivity contribution in [1.82, 2.24) is 19.8 Å². The van der Waals surface area contributed by atoms with Gasteiger partial charge in [-0.1, -0.05) is 25.1 Å². The highest BCUT2D eigenvalue weighted by Gasteiger charge is 2.27. The van der Waals surface area contributed by atoms with Crippen LogP contribution in [0.1, 0.15) is 31.7 Å². The lowest BCUT2D eigenvalue weighted by molar-refractivity contribution is -0.113. The van der Waals surface area contributed by atoms with Gasteiger partial charge in [-0.2, -0.15) is 4.99 Å². The number of fused-ring (bicyclic) bond motifs is 1. The predicted molar refractivity (Wildman–Crippen MR) is 153 cm³/mol. The van der Waals surface area contributed by atoms with Crippen molar-refractivity contribution < 1.29 is 4.79 Å². The highest BCUT2D eigenvalue weighted by molar-refractivity contribution is 8.18. The minimum Gasteiger partial charge on any atom is -0.369 e. The molecule has 0 saturated carbocycles. The van der Waals surface area contributed by atoms with Gasteiger partial charge in [-0.3, -0.25) is 9.69 Å². The summed E-state index contributed by atoms with van der Waals surface area (Å²) < 4.78 is 0. The molecule has 2 aromatic carbocycles. The van der Waals surface area contributed by atoms with Crippen LogP contribution in [-0.2, 0) is 4.79 Å². The standard InChI is InChI=1S/C29H32N6OS/c1-2-11-33-14-16-34(17-15-33)23-8-6-22(7-9-23)27-24-18-21(5-10-25(24)30-20-31-27)19-26-28(36)32-29(37-26)35-12-3-4-13-35/h5-10,18-20H,2-4,11-17H2,1H3/b26-19-. The van der Waals surface area contributed by atoms with Gasteiger partial charge in [0.1, 0.15) is 6.33 Å². The number of amidine groups is 1. The van der Waals surface area contributed by atoms with Gasteiger partial charge in [-0.15, -0.1) is 0 Å². The topological polar surface area (TPSA) is 64.9 Å². The summed E-state index contributed by atoms with van der Waals surface area (Å²) in [6.07, 6.45) is 7.11. The summed E-state index contributed by atoms with van der Waals surface area (Å²) in [7, 11) is 0. The zero-order valence-electron chi connectivity index (χ0n) is 21.3. The molecule has 190 valence electrons. The molecule has 0 atom stereocenters. The first-order valence-corrected chi connectivity index (χ1v) is 14.1. The molecule has 8 heteroatoms. The van der Waals surface area contributed by atoms with Gasteiger partial charge >= 0.3 is 0 Å². The van der Waals surface area contributed by atoms with Crippen LogP contribution in [0.4, 0.5) is 5.69 Å². The van der Waals surface area contributed by atoms with Gasteiger partial charge < -0.3 is 9.80 Å². The van der Waals surface area contributed by atoms with Crippen molar-refractivity contribution in [1.29, 1.82) is 0 Å². The second kappa shape index (κ2) is 10.6. The molecule has 0 N–H and O–H groups in total. The van der Waals surface area contributed by atoms with E-state index in [2.05, 4.69) is 66.9 Å². The summed E-state index contributed by atoms with van der Waals surface area (Å²) in [4.78, 5) is 33.9. The lowest BCUT2D eigenvalue weighted by atomic mass is 10.0. The molecule has 2 saturated heterocycles. The lowest BCUT2D eigenvalue weighted by Gasteiger charge is -2.36. The molecule has 2 fully saturated rings. The summed E-state index contributed by atoms with van der Waals surface area (Å²) in [6, 6.07) is 14.8. The summed E-state index contributed by atoms with van der Waals surface area (Å²) in [5, 5.41) is 1.82. The van der Waals surface area contributed by atoms with E-state index in [4.69, 9.17) is 0 Å². The molecule has 1 amide bonds. The van der Waals surface area contributed by atoms with Crippen LogP contribution in [0.5, 0.6) is 0 Å². The summed E-state index contributed by atoms with van der Waals surface area (Å²) in [5.41, 5.74) is 5.08. The Morgan fingerprint density at radius 1 is 0.919 bits per heavy atom. The monoisotopic (exact) mass is 512 g/mol. The molecule has 0 bridgehead atoms. The molecule has 0 spiro atoms. The molecule has 37 heavy (non-hydrogen) atoms. The van der Waals surface area contributed by atoms with Crippen molar-refractivity contribution in [3.05, 3.63) is 59.3 Å². The van der Waals surface area contributed by atoms with E-state index in [9.17, 15) is 4.79 Å². The minimum atomic E-state index is -0.150. The van der Waals surface area contributed by atoms with Crippen LogP contribution in [0.3, 0.4) is 0 Å². The van der Waals surface area contributed by atoms with E-state index < -0.39 is 0 Å². The number of hydrogen-bond acceptors (Lipinski definition) is 7. The molecule has 1 aromatic heterocycles. The SMILES string of the molecule is CCCN1CCN(c2ccc(-c3ncnc4ccc(/C=C5\SC(N6CCCC6)=NC5=O)cc34)cc2)CC1. The van der Waals surface area contributed by atoms with Gasteiger partial charge in [-0.25, -0.2) is 9.97 Å². The largest absolute Gasteiger partial charge is 0.369 e. The molecule has 3 aromatic rings. The summed E-state index contributed by atoms with van der Waals surface area (Å²) in [5.74, 6) is -0.150. The third kappa shape index (κ3) is 5.13. The molecule has 3 aliphatic rings. The van der Waals surface area contributed by atoms with Crippen LogP contribution in [0, 0.1) is 0 Å². The molecule has 7 nitrogen and oxygen atoms in total. The van der Waals surface area contributed by atoms with Crippen LogP contribution in [0.2, 0.25) is 0 Å². The van der Waals surface area contributed by atoms with Crippen LogP contribution in [0.15, 0.2) is 58.7 Å². The average molecular weight is 513 g/mol. The van der Waals surface area contributed by atoms with Crippen LogP contribution in [0.25, 0.3) is 28.2 Å². The number of aliphatic imine (C=N–C) groups is 1. The molecule has 0 aliphatic carbocycles. The zero-order chi connectivity index (χ0) is 25.2. The number of thioether (sulfide) groups is 1. The fraction of sp³-hybridized carbons (Fsp3) is 0.379. The van der Waals surface area contributed by atoms with Crippen molar-refractivity contribution in [3.63, 3.8) is 0 Å². The maximum Gasteiger partial charge on any atom is 0.286 e. The second-order valence-electron chi connectivity index (χ2n) is 9.88. The first-order valence-electron chi connectivity index (χ1n) is 13.3. The maximum absolute atomic E-state index is 12.6. The Bertz CT molecular complexity index is 1350. The van der Waals surface area contributed by atoms with Crippen molar-refractivity contribution in [2.45, 2.75) is 26.2 Å². The van der Waals surface area contributed by atoms with Crippen molar-refractivity contribution in [2.24, 2.45) is 4.99 Å². The van der Waals surface area contributed by atoms with Crippen molar-refractivity contribution >= 4 is 45.5 Å². The van der Waals surface area contributed by atoms with Crippen LogP contribution < -0.4 is 4.90 Å². The van der Waals surface area contributed by atoms with Gasteiger partial charge in [0.2, 0.25) is 0 Å². The van der Waals surface area contributed by atoms with E-state index in [1.54, 1.807) is 6.33 Å². The quantitative estimate of drug-likeness (QED) is 0.451. The number of amides is 1.